The third-order valence-corrected chi connectivity index (χ3v) is 21.2. The number of anilines is 3. The van der Waals surface area contributed by atoms with Crippen molar-refractivity contribution in [3.8, 4) is 33.4 Å². The number of aliphatic hydroxyl groups is 3. The van der Waals surface area contributed by atoms with Crippen LogP contribution in [-0.4, -0.2) is 191 Å². The first-order chi connectivity index (χ1) is 46.4. The second kappa shape index (κ2) is 30.2. The van der Waals surface area contributed by atoms with Crippen LogP contribution in [0.15, 0.2) is 95.9 Å². The van der Waals surface area contributed by atoms with Gasteiger partial charge in [0.25, 0.3) is 0 Å². The van der Waals surface area contributed by atoms with Crippen LogP contribution in [-0.2, 0) is 38.4 Å². The third kappa shape index (κ3) is 16.6. The van der Waals surface area contributed by atoms with Crippen molar-refractivity contribution in [1.29, 1.82) is 9.56 Å². The van der Waals surface area contributed by atoms with Gasteiger partial charge in [-0.05, 0) is 127 Å². The Morgan fingerprint density at radius 1 is 0.546 bits per heavy atom. The number of methoxy groups -OCH3 is 3. The van der Waals surface area contributed by atoms with Crippen molar-refractivity contribution in [1.82, 2.24) is 63.5 Å². The van der Waals surface area contributed by atoms with E-state index in [0.717, 1.165) is 138 Å². The molecule has 7 atom stereocenters. The van der Waals surface area contributed by atoms with Gasteiger partial charge in [0.2, 0.25) is 17.8 Å². The van der Waals surface area contributed by atoms with Crippen LogP contribution in [0.2, 0.25) is 0 Å². The molecular formula is C68H94N18O9S2. The maximum atomic E-state index is 12.3. The van der Waals surface area contributed by atoms with Crippen LogP contribution >= 0.6 is 0 Å². The van der Waals surface area contributed by atoms with E-state index in [4.69, 9.17) is 43.8 Å². The number of ether oxygens (including phenoxy) is 4. The third-order valence-electron chi connectivity index (χ3n) is 19.0. The minimum atomic E-state index is -2.88. The molecule has 1 aliphatic heterocycles. The van der Waals surface area contributed by atoms with Gasteiger partial charge < -0.3 is 50.2 Å². The molecule has 29 heteroatoms. The lowest BCUT2D eigenvalue weighted by atomic mass is 9.69. The summed E-state index contributed by atoms with van der Waals surface area (Å²) in [6.07, 6.45) is 27.1. The molecule has 8 N–H and O–H groups in total. The highest BCUT2D eigenvalue weighted by Crippen LogP contribution is 2.46. The first-order valence-corrected chi connectivity index (χ1v) is 37.3. The molecule has 4 fully saturated rings. The van der Waals surface area contributed by atoms with Crippen molar-refractivity contribution in [3.63, 3.8) is 0 Å². The molecule has 4 aliphatic rings. The van der Waals surface area contributed by atoms with Crippen LogP contribution < -0.4 is 16.0 Å². The van der Waals surface area contributed by atoms with E-state index in [2.05, 4.69) is 84.2 Å². The van der Waals surface area contributed by atoms with Crippen molar-refractivity contribution in [3.05, 3.63) is 103 Å². The van der Waals surface area contributed by atoms with E-state index in [0.29, 0.717) is 72.6 Å². The highest BCUT2D eigenvalue weighted by molar-refractivity contribution is 7.92. The highest BCUT2D eigenvalue weighted by Gasteiger charge is 2.38. The number of nitrogens with zero attached hydrogens (tertiary/aromatic N) is 13. The van der Waals surface area contributed by atoms with Crippen molar-refractivity contribution < 1.29 is 42.7 Å². The molecular weight excluding hydrogens is 1280 g/mol. The van der Waals surface area contributed by atoms with Gasteiger partial charge in [0.05, 0.1) is 128 Å². The second-order valence-corrected chi connectivity index (χ2v) is 31.8. The molecule has 9 aromatic rings. The van der Waals surface area contributed by atoms with Crippen molar-refractivity contribution in [2.45, 2.75) is 175 Å². The Bertz CT molecular complexity index is 4210. The van der Waals surface area contributed by atoms with Gasteiger partial charge in [-0.1, -0.05) is 13.8 Å². The minimum Gasteiger partial charge on any atom is -0.393 e. The molecule has 27 nitrogen and oxygen atoms in total. The SMILES string of the molecule is COC[C@H](C)Nc1ncc2c(-c3cncc([S@@](C)(=N)=O)c3)cc(C3CCC(O)CC3)n2n1.COC[C@H](C)Nc1ncc2c(-c3cncc([S@](C)(=N)=O)c3)cc(C3CCC(O)CC3)n2n1.COC[C@H](C)Nc1ncc2c(-c3cnn(C4COC4)c3)cc([C@@H]3CC[C@H](O)C(C)(C)C3)n2n1. The number of pyridine rings is 2. The van der Waals surface area contributed by atoms with Crippen molar-refractivity contribution >= 4 is 53.9 Å². The molecule has 0 unspecified atom stereocenters. The van der Waals surface area contributed by atoms with Crippen LogP contribution in [0.25, 0.3) is 49.9 Å². The molecule has 0 spiro atoms. The van der Waals surface area contributed by atoms with Crippen molar-refractivity contribution in [2.24, 2.45) is 5.41 Å². The topological polar surface area (TPSA) is 350 Å². The number of aliphatic hydroxyl groups excluding tert-OH is 3. The fraction of sp³-hybridized carbons (Fsp3) is 0.544. The Morgan fingerprint density at radius 2 is 0.928 bits per heavy atom. The predicted molar refractivity (Wildman–Crippen MR) is 372 cm³/mol. The average Bonchev–Trinajstić information content (AvgIpc) is 1.63. The zero-order valence-corrected chi connectivity index (χ0v) is 58.7. The van der Waals surface area contributed by atoms with Gasteiger partial charge in [-0.3, -0.25) is 14.6 Å². The van der Waals surface area contributed by atoms with Gasteiger partial charge in [0.15, 0.2) is 0 Å². The maximum Gasteiger partial charge on any atom is 0.241 e. The molecule has 3 aliphatic carbocycles. The normalized spacial score (nSPS) is 22.6. The average molecular weight is 1370 g/mol. The maximum absolute atomic E-state index is 12.3. The molecule has 1 saturated heterocycles. The monoisotopic (exact) mass is 1370 g/mol. The summed E-state index contributed by atoms with van der Waals surface area (Å²) in [5.41, 5.74) is 11.2. The standard InChI is InChI=1S/C24H34N6O3.2C22H30N6O3S/c1-15(12-32-4)27-23-25-10-21-19(17-9-26-29(11-17)18-13-33-14-18)7-20(30(21)28-23)16-5-6-22(31)24(2,3)8-16;2*1-14(13-31-2)26-22-25-12-21-19(16-8-18(11-24-10-16)32(3,23)30)9-20(28(21)27-22)15-4-6-17(29)7-5-15/h7,9-11,15-16,18,22,31H,5-6,8,12-14H2,1-4H3,(H,27,28);2*8-12,14-15,17,23,29H,4-7,13H2,1-3H3,(H,26,27)/t15-,16+,22-;14-,15?,17?,32+;14-,15?,17?,32-/m000/s1. The molecule has 0 radical (unpaired) electrons. The predicted octanol–water partition coefficient (Wildman–Crippen LogP) is 9.85. The Kier molecular flexibility index (Phi) is 22.0. The van der Waals surface area contributed by atoms with Crippen LogP contribution in [0.4, 0.5) is 17.8 Å². The molecule has 0 bridgehead atoms. The quantitative estimate of drug-likeness (QED) is 0.0331. The number of rotatable bonds is 21. The Morgan fingerprint density at radius 3 is 1.29 bits per heavy atom. The molecule has 9 aromatic heterocycles. The lowest BCUT2D eigenvalue weighted by Crippen LogP contribution is -2.36. The lowest BCUT2D eigenvalue weighted by molar-refractivity contribution is -0.0286. The highest BCUT2D eigenvalue weighted by atomic mass is 32.2. The fourth-order valence-corrected chi connectivity index (χ4v) is 14.8. The summed E-state index contributed by atoms with van der Waals surface area (Å²) in [5, 5.41) is 59.3. The summed E-state index contributed by atoms with van der Waals surface area (Å²) in [6.45, 7) is 13.4. The van der Waals surface area contributed by atoms with Crippen LogP contribution in [0.5, 0.6) is 0 Å². The molecule has 13 rings (SSSR count). The van der Waals surface area contributed by atoms with Gasteiger partial charge in [-0.25, -0.2) is 46.5 Å². The smallest absolute Gasteiger partial charge is 0.241 e. The zero-order valence-electron chi connectivity index (χ0n) is 57.1. The van der Waals surface area contributed by atoms with Crippen LogP contribution in [0.3, 0.4) is 0 Å². The van der Waals surface area contributed by atoms with Gasteiger partial charge in [0.1, 0.15) is 0 Å². The van der Waals surface area contributed by atoms with E-state index < -0.39 is 19.5 Å². The fourth-order valence-electron chi connectivity index (χ4n) is 13.6. The summed E-state index contributed by atoms with van der Waals surface area (Å²) < 4.78 is 69.2. The molecule has 0 amide bonds. The molecule has 522 valence electrons. The zero-order chi connectivity index (χ0) is 68.9. The van der Waals surface area contributed by atoms with Gasteiger partial charge in [-0.2, -0.15) is 5.10 Å². The van der Waals surface area contributed by atoms with Crippen molar-refractivity contribution in [2.75, 3.05) is 82.8 Å². The second-order valence-electron chi connectivity index (χ2n) is 27.5. The first-order valence-electron chi connectivity index (χ1n) is 33.3. The Hall–Kier alpha value is -7.61. The van der Waals surface area contributed by atoms with E-state index >= 15 is 0 Å². The van der Waals surface area contributed by atoms with Gasteiger partial charge >= 0.3 is 0 Å². The van der Waals surface area contributed by atoms with Gasteiger partial charge in [0, 0.05) is 151 Å². The van der Waals surface area contributed by atoms with E-state index in [-0.39, 0.29) is 53.7 Å². The number of hydrogen-bond acceptors (Lipinski definition) is 23. The Labute approximate surface area is 566 Å². The van der Waals surface area contributed by atoms with Gasteiger partial charge in [-0.15, -0.1) is 15.3 Å². The number of hydrogen-bond donors (Lipinski definition) is 8. The van der Waals surface area contributed by atoms with Crippen LogP contribution in [0.1, 0.15) is 146 Å². The van der Waals surface area contributed by atoms with E-state index in [9.17, 15) is 23.7 Å². The summed E-state index contributed by atoms with van der Waals surface area (Å²) in [7, 11) is -0.764. The molecule has 0 aromatic carbocycles. The molecule has 97 heavy (non-hydrogen) atoms. The lowest BCUT2D eigenvalue weighted by Gasteiger charge is -2.39. The van der Waals surface area contributed by atoms with Crippen LogP contribution in [0, 0.1) is 15.0 Å². The van der Waals surface area contributed by atoms with E-state index in [1.54, 1.807) is 58.2 Å². The number of aromatic nitrogens is 13. The molecule has 3 saturated carbocycles. The first kappa shape index (κ1) is 70.7. The van der Waals surface area contributed by atoms with E-state index in [1.165, 1.54) is 24.9 Å². The summed E-state index contributed by atoms with van der Waals surface area (Å²) >= 11 is 0. The summed E-state index contributed by atoms with van der Waals surface area (Å²) in [6, 6.07) is 10.5. The largest absolute Gasteiger partial charge is 0.393 e. The van der Waals surface area contributed by atoms with E-state index in [1.807, 2.05) is 51.4 Å². The number of nitrogens with one attached hydrogen (secondary N) is 5. The molecule has 10 heterocycles. The minimum absolute atomic E-state index is 0.0522. The summed E-state index contributed by atoms with van der Waals surface area (Å²) in [5.74, 6) is 2.43. The summed E-state index contributed by atoms with van der Waals surface area (Å²) in [4.78, 5) is 22.9. The Balaban J connectivity index is 0.000000148. The number of fused-ring (bicyclic) bond motifs is 3.